The van der Waals surface area contributed by atoms with E-state index in [1.165, 1.54) is 7.11 Å². The summed E-state index contributed by atoms with van der Waals surface area (Å²) < 4.78 is 4.75. The van der Waals surface area contributed by atoms with Gasteiger partial charge in [-0.3, -0.25) is 9.59 Å². The number of rotatable bonds is 10. The maximum Gasteiger partial charge on any atom is 0.310 e. The van der Waals surface area contributed by atoms with E-state index >= 15 is 0 Å². The van der Waals surface area contributed by atoms with Crippen LogP contribution in [-0.4, -0.2) is 50.1 Å². The van der Waals surface area contributed by atoms with E-state index in [1.807, 2.05) is 31.2 Å². The number of hydrogen-bond donors (Lipinski definition) is 0. The smallest absolute Gasteiger partial charge is 0.310 e. The number of amides is 1. The highest BCUT2D eigenvalue weighted by Crippen LogP contribution is 2.17. The summed E-state index contributed by atoms with van der Waals surface area (Å²) in [4.78, 5) is 28.3. The van der Waals surface area contributed by atoms with Crippen LogP contribution in [0, 0.1) is 5.92 Å². The second-order valence-electron chi connectivity index (χ2n) is 6.25. The number of hydrogen-bond acceptors (Lipinski definition) is 4. The molecular weight excluding hydrogens is 316 g/mol. The van der Waals surface area contributed by atoms with Crippen LogP contribution in [0.5, 0.6) is 0 Å². The van der Waals surface area contributed by atoms with Crippen LogP contribution in [0.3, 0.4) is 0 Å². The normalized spacial score (nSPS) is 11.7. The fourth-order valence-electron chi connectivity index (χ4n) is 2.78. The van der Waals surface area contributed by atoms with E-state index in [0.29, 0.717) is 18.7 Å². The van der Waals surface area contributed by atoms with E-state index in [0.717, 1.165) is 31.6 Å². The molecule has 0 N–H and O–H groups in total. The maximum atomic E-state index is 12.7. The fourth-order valence-corrected chi connectivity index (χ4v) is 2.78. The van der Waals surface area contributed by atoms with Crippen LogP contribution in [0.2, 0.25) is 0 Å². The van der Waals surface area contributed by atoms with E-state index in [2.05, 4.69) is 18.7 Å². The summed E-state index contributed by atoms with van der Waals surface area (Å²) in [5.41, 5.74) is 1.78. The molecule has 1 unspecified atom stereocenters. The Morgan fingerprint density at radius 2 is 1.72 bits per heavy atom. The molecule has 25 heavy (non-hydrogen) atoms. The lowest BCUT2D eigenvalue weighted by atomic mass is 10.1. The molecular formula is C20H32N2O3. The Labute approximate surface area is 151 Å². The summed E-state index contributed by atoms with van der Waals surface area (Å²) in [5, 5.41) is 0. The van der Waals surface area contributed by atoms with Gasteiger partial charge in [-0.25, -0.2) is 0 Å². The molecule has 0 bridgehead atoms. The van der Waals surface area contributed by atoms with Crippen LogP contribution < -0.4 is 4.90 Å². The van der Waals surface area contributed by atoms with Crippen molar-refractivity contribution >= 4 is 17.6 Å². The molecule has 0 saturated carbocycles. The van der Waals surface area contributed by atoms with Gasteiger partial charge >= 0.3 is 5.97 Å². The van der Waals surface area contributed by atoms with Gasteiger partial charge in [-0.15, -0.1) is 0 Å². The molecule has 1 atom stereocenters. The second kappa shape index (κ2) is 10.7. The van der Waals surface area contributed by atoms with Crippen LogP contribution in [-0.2, 0) is 9.53 Å². The van der Waals surface area contributed by atoms with Crippen molar-refractivity contribution in [2.24, 2.45) is 5.92 Å². The van der Waals surface area contributed by atoms with E-state index < -0.39 is 0 Å². The third-order valence-electron chi connectivity index (χ3n) is 4.41. The Morgan fingerprint density at radius 1 is 1.08 bits per heavy atom. The third-order valence-corrected chi connectivity index (χ3v) is 4.41. The monoisotopic (exact) mass is 348 g/mol. The van der Waals surface area contributed by atoms with Gasteiger partial charge in [0.05, 0.1) is 13.0 Å². The average molecular weight is 348 g/mol. The SMILES string of the molecule is CCCCN(CC)c1ccc(C(=O)N(CC)CC(C)C(=O)OC)cc1. The molecule has 5 nitrogen and oxygen atoms in total. The molecule has 0 aromatic heterocycles. The Morgan fingerprint density at radius 3 is 2.20 bits per heavy atom. The van der Waals surface area contributed by atoms with Crippen LogP contribution in [0.25, 0.3) is 0 Å². The summed E-state index contributed by atoms with van der Waals surface area (Å²) in [6.07, 6.45) is 2.32. The average Bonchev–Trinajstić information content (AvgIpc) is 2.65. The Balaban J connectivity index is 2.81. The molecule has 0 saturated heterocycles. The Kier molecular flexibility index (Phi) is 9.03. The van der Waals surface area contributed by atoms with Gasteiger partial charge < -0.3 is 14.5 Å². The van der Waals surface area contributed by atoms with Gasteiger partial charge in [-0.2, -0.15) is 0 Å². The molecule has 0 fully saturated rings. The molecule has 0 radical (unpaired) electrons. The van der Waals surface area contributed by atoms with Crippen molar-refractivity contribution in [3.63, 3.8) is 0 Å². The number of ether oxygens (including phenoxy) is 1. The number of methoxy groups -OCH3 is 1. The largest absolute Gasteiger partial charge is 0.469 e. The first kappa shape index (κ1) is 21.0. The molecule has 140 valence electrons. The summed E-state index contributed by atoms with van der Waals surface area (Å²) in [6.45, 7) is 10.9. The van der Waals surface area contributed by atoms with Crippen molar-refractivity contribution in [2.75, 3.05) is 38.2 Å². The summed E-state index contributed by atoms with van der Waals surface area (Å²) >= 11 is 0. The zero-order valence-electron chi connectivity index (χ0n) is 16.2. The van der Waals surface area contributed by atoms with Crippen molar-refractivity contribution in [3.05, 3.63) is 29.8 Å². The van der Waals surface area contributed by atoms with Gasteiger partial charge in [0, 0.05) is 37.4 Å². The molecule has 0 aliphatic rings. The number of unbranched alkanes of at least 4 members (excludes halogenated alkanes) is 1. The number of esters is 1. The molecule has 0 aliphatic carbocycles. The topological polar surface area (TPSA) is 49.9 Å². The highest BCUT2D eigenvalue weighted by atomic mass is 16.5. The summed E-state index contributed by atoms with van der Waals surface area (Å²) in [7, 11) is 1.37. The molecule has 0 aliphatic heterocycles. The van der Waals surface area contributed by atoms with Crippen molar-refractivity contribution in [3.8, 4) is 0 Å². The van der Waals surface area contributed by atoms with E-state index in [-0.39, 0.29) is 17.8 Å². The van der Waals surface area contributed by atoms with Gasteiger partial charge in [0.1, 0.15) is 0 Å². The van der Waals surface area contributed by atoms with E-state index in [4.69, 9.17) is 4.74 Å². The number of benzene rings is 1. The van der Waals surface area contributed by atoms with Gasteiger partial charge in [0.15, 0.2) is 0 Å². The van der Waals surface area contributed by atoms with Crippen molar-refractivity contribution in [1.29, 1.82) is 0 Å². The molecule has 1 rings (SSSR count). The molecule has 0 heterocycles. The lowest BCUT2D eigenvalue weighted by molar-refractivity contribution is -0.145. The predicted molar refractivity (Wildman–Crippen MR) is 102 cm³/mol. The van der Waals surface area contributed by atoms with Gasteiger partial charge in [0.25, 0.3) is 5.91 Å². The van der Waals surface area contributed by atoms with E-state index in [9.17, 15) is 9.59 Å². The zero-order valence-corrected chi connectivity index (χ0v) is 16.2. The molecule has 1 amide bonds. The summed E-state index contributed by atoms with van der Waals surface area (Å²) in [6, 6.07) is 7.75. The Bertz CT molecular complexity index is 542. The molecule has 5 heteroatoms. The number of nitrogens with zero attached hydrogens (tertiary/aromatic N) is 2. The molecule has 1 aromatic rings. The molecule has 0 spiro atoms. The first-order chi connectivity index (χ1) is 12.0. The van der Waals surface area contributed by atoms with Crippen molar-refractivity contribution in [2.45, 2.75) is 40.5 Å². The second-order valence-corrected chi connectivity index (χ2v) is 6.25. The minimum atomic E-state index is -0.335. The van der Waals surface area contributed by atoms with Crippen LogP contribution >= 0.6 is 0 Å². The molecule has 1 aromatic carbocycles. The predicted octanol–water partition coefficient (Wildman–Crippen LogP) is 3.58. The highest BCUT2D eigenvalue weighted by Gasteiger charge is 2.21. The summed E-state index contributed by atoms with van der Waals surface area (Å²) in [5.74, 6) is -0.685. The van der Waals surface area contributed by atoms with Crippen molar-refractivity contribution in [1.82, 2.24) is 4.90 Å². The number of carbonyl (C=O) groups excluding carboxylic acids is 2. The van der Waals surface area contributed by atoms with Crippen molar-refractivity contribution < 1.29 is 14.3 Å². The lowest BCUT2D eigenvalue weighted by Gasteiger charge is -2.25. The quantitative estimate of drug-likeness (QED) is 0.606. The van der Waals surface area contributed by atoms with Crippen LogP contribution in [0.15, 0.2) is 24.3 Å². The minimum Gasteiger partial charge on any atom is -0.469 e. The minimum absolute atomic E-state index is 0.0543. The fraction of sp³-hybridized carbons (Fsp3) is 0.600. The first-order valence-electron chi connectivity index (χ1n) is 9.20. The first-order valence-corrected chi connectivity index (χ1v) is 9.20. The van der Waals surface area contributed by atoms with Crippen LogP contribution in [0.1, 0.15) is 50.9 Å². The Hall–Kier alpha value is -2.04. The number of anilines is 1. The highest BCUT2D eigenvalue weighted by molar-refractivity contribution is 5.94. The van der Waals surface area contributed by atoms with Crippen LogP contribution in [0.4, 0.5) is 5.69 Å². The zero-order chi connectivity index (χ0) is 18.8. The standard InChI is InChI=1S/C20H32N2O3/c1-6-9-14-21(7-2)18-12-10-17(11-13-18)19(23)22(8-3)15-16(4)20(24)25-5/h10-13,16H,6-9,14-15H2,1-5H3. The van der Waals surface area contributed by atoms with Gasteiger partial charge in [-0.05, 0) is 44.5 Å². The third kappa shape index (κ3) is 6.07. The van der Waals surface area contributed by atoms with E-state index in [1.54, 1.807) is 11.8 Å². The maximum absolute atomic E-state index is 12.7. The number of carbonyl (C=O) groups is 2. The van der Waals surface area contributed by atoms with Gasteiger partial charge in [-0.1, -0.05) is 20.3 Å². The van der Waals surface area contributed by atoms with Gasteiger partial charge in [0.2, 0.25) is 0 Å². The lowest BCUT2D eigenvalue weighted by Crippen LogP contribution is -2.37.